The van der Waals surface area contributed by atoms with E-state index in [0.717, 1.165) is 19.4 Å². The minimum atomic E-state index is -5.11. The van der Waals surface area contributed by atoms with Crippen LogP contribution in [0.5, 0.6) is 0 Å². The van der Waals surface area contributed by atoms with E-state index >= 15 is 0 Å². The summed E-state index contributed by atoms with van der Waals surface area (Å²) in [6.07, 6.45) is -3.37. The molecule has 17 heavy (non-hydrogen) atoms. The summed E-state index contributed by atoms with van der Waals surface area (Å²) in [6.45, 7) is 1.96. The largest absolute Gasteiger partial charge is 0.491 e. The third-order valence-electron chi connectivity index (χ3n) is 3.29. The molecule has 2 aliphatic rings. The fourth-order valence-corrected chi connectivity index (χ4v) is 2.50. The van der Waals surface area contributed by atoms with Gasteiger partial charge in [-0.3, -0.25) is 4.79 Å². The highest BCUT2D eigenvalue weighted by Crippen LogP contribution is 2.33. The number of hydrogen-bond donors (Lipinski definition) is 0. The van der Waals surface area contributed by atoms with Crippen LogP contribution in [0.3, 0.4) is 0 Å². The molecule has 0 radical (unpaired) electrons. The van der Waals surface area contributed by atoms with Gasteiger partial charge in [0, 0.05) is 13.1 Å². The third-order valence-corrected chi connectivity index (χ3v) is 3.29. The van der Waals surface area contributed by atoms with Crippen molar-refractivity contribution in [2.24, 2.45) is 11.8 Å². The fraction of sp³-hybridized carbons (Fsp3) is 0.800. The van der Waals surface area contributed by atoms with E-state index in [4.69, 9.17) is 0 Å². The van der Waals surface area contributed by atoms with E-state index in [2.05, 4.69) is 4.74 Å². The molecule has 2 saturated heterocycles. The Kier molecular flexibility index (Phi) is 3.11. The number of rotatable bonds is 1. The van der Waals surface area contributed by atoms with Crippen molar-refractivity contribution < 1.29 is 27.5 Å². The smallest absolute Gasteiger partial charge is 0.386 e. The maximum absolute atomic E-state index is 11.9. The van der Waals surface area contributed by atoms with E-state index in [-0.39, 0.29) is 5.92 Å². The van der Waals surface area contributed by atoms with Crippen molar-refractivity contribution in [2.45, 2.75) is 19.0 Å². The van der Waals surface area contributed by atoms with Crippen molar-refractivity contribution in [3.8, 4) is 0 Å². The van der Waals surface area contributed by atoms with Gasteiger partial charge in [-0.25, -0.2) is 4.79 Å². The van der Waals surface area contributed by atoms with Crippen LogP contribution in [-0.4, -0.2) is 42.6 Å². The van der Waals surface area contributed by atoms with Crippen LogP contribution < -0.4 is 0 Å². The molecule has 0 spiro atoms. The molecule has 0 aliphatic carbocycles. The van der Waals surface area contributed by atoms with Crippen LogP contribution in [0.4, 0.5) is 13.2 Å². The quantitative estimate of drug-likeness (QED) is 0.514. The zero-order valence-electron chi connectivity index (χ0n) is 9.00. The number of hydrogen-bond acceptors (Lipinski definition) is 4. The highest BCUT2D eigenvalue weighted by atomic mass is 19.4. The Labute approximate surface area is 95.7 Å². The van der Waals surface area contributed by atoms with Crippen LogP contribution in [0.25, 0.3) is 0 Å². The molecule has 2 aliphatic heterocycles. The van der Waals surface area contributed by atoms with Crippen LogP contribution in [0, 0.1) is 11.8 Å². The van der Waals surface area contributed by atoms with Crippen molar-refractivity contribution >= 4 is 11.9 Å². The Morgan fingerprint density at radius 3 is 2.53 bits per heavy atom. The van der Waals surface area contributed by atoms with E-state index < -0.39 is 24.0 Å². The zero-order valence-corrected chi connectivity index (χ0v) is 9.00. The van der Waals surface area contributed by atoms with Crippen molar-refractivity contribution in [1.29, 1.82) is 0 Å². The fourth-order valence-electron chi connectivity index (χ4n) is 2.50. The summed E-state index contributed by atoms with van der Waals surface area (Å²) in [7, 11) is 0. The normalized spacial score (nSPS) is 32.3. The lowest BCUT2D eigenvalue weighted by atomic mass is 9.91. The number of carbonyl (C=O) groups excluding carboxylic acids is 2. The van der Waals surface area contributed by atoms with Crippen LogP contribution in [0.15, 0.2) is 0 Å². The van der Waals surface area contributed by atoms with Gasteiger partial charge in [-0.05, 0) is 25.3 Å². The molecule has 2 bridgehead atoms. The van der Waals surface area contributed by atoms with Gasteiger partial charge in [0.2, 0.25) is 0 Å². The highest BCUT2D eigenvalue weighted by molar-refractivity contribution is 5.89. The van der Waals surface area contributed by atoms with Crippen LogP contribution in [-0.2, 0) is 14.3 Å². The summed E-state index contributed by atoms with van der Waals surface area (Å²) in [5.74, 6) is -4.03. The van der Waals surface area contributed by atoms with E-state index in [9.17, 15) is 22.8 Å². The predicted molar refractivity (Wildman–Crippen MR) is 49.8 cm³/mol. The molecule has 0 amide bonds. The van der Waals surface area contributed by atoms with E-state index in [1.807, 2.05) is 4.90 Å². The molecule has 0 N–H and O–H groups in total. The van der Waals surface area contributed by atoms with Crippen LogP contribution in [0.1, 0.15) is 12.8 Å². The lowest BCUT2D eigenvalue weighted by Gasteiger charge is -2.21. The minimum Gasteiger partial charge on any atom is -0.386 e. The Balaban J connectivity index is 1.95. The molecule has 2 rings (SSSR count). The number of ether oxygens (including phenoxy) is 1. The van der Waals surface area contributed by atoms with Crippen molar-refractivity contribution in [1.82, 2.24) is 4.90 Å². The second-order valence-electron chi connectivity index (χ2n) is 4.47. The number of nitrogens with zero attached hydrogens (tertiary/aromatic N) is 1. The predicted octanol–water partition coefficient (Wildman–Crippen LogP) is 0.960. The zero-order chi connectivity index (χ0) is 12.6. The lowest BCUT2D eigenvalue weighted by Crippen LogP contribution is -2.33. The number of fused-ring (bicyclic) bond motifs is 2. The lowest BCUT2D eigenvalue weighted by molar-refractivity contribution is -0.203. The van der Waals surface area contributed by atoms with Gasteiger partial charge < -0.3 is 9.64 Å². The first kappa shape index (κ1) is 12.3. The molecule has 3 unspecified atom stereocenters. The van der Waals surface area contributed by atoms with E-state index in [0.29, 0.717) is 13.1 Å². The average Bonchev–Trinajstić information content (AvgIpc) is 2.52. The van der Waals surface area contributed by atoms with Crippen molar-refractivity contribution in [3.63, 3.8) is 0 Å². The van der Waals surface area contributed by atoms with Crippen molar-refractivity contribution in [3.05, 3.63) is 0 Å². The first-order chi connectivity index (χ1) is 7.88. The number of alkyl halides is 3. The van der Waals surface area contributed by atoms with Gasteiger partial charge in [0.15, 0.2) is 0 Å². The molecular weight excluding hydrogens is 239 g/mol. The first-order valence-corrected chi connectivity index (χ1v) is 5.43. The van der Waals surface area contributed by atoms with Crippen LogP contribution >= 0.6 is 0 Å². The summed E-state index contributed by atoms with van der Waals surface area (Å²) in [6, 6.07) is 0. The summed E-state index contributed by atoms with van der Waals surface area (Å²) in [4.78, 5) is 24.0. The SMILES string of the molecule is O=C(OC(=O)C(F)(F)F)C1CN2CCCC1C2. The highest BCUT2D eigenvalue weighted by Gasteiger charge is 2.46. The first-order valence-electron chi connectivity index (χ1n) is 5.43. The molecular formula is C10H12F3NO3. The Bertz CT molecular complexity index is 342. The summed E-state index contributed by atoms with van der Waals surface area (Å²) >= 11 is 0. The van der Waals surface area contributed by atoms with Gasteiger partial charge >= 0.3 is 18.1 Å². The number of carbonyl (C=O) groups is 2. The number of piperidine rings is 1. The van der Waals surface area contributed by atoms with Gasteiger partial charge in [0.1, 0.15) is 0 Å². The van der Waals surface area contributed by atoms with Crippen molar-refractivity contribution in [2.75, 3.05) is 19.6 Å². The molecule has 2 heterocycles. The maximum atomic E-state index is 11.9. The number of halogens is 3. The summed E-state index contributed by atoms with van der Waals surface area (Å²) < 4.78 is 39.7. The second-order valence-corrected chi connectivity index (χ2v) is 4.47. The molecule has 0 aromatic heterocycles. The van der Waals surface area contributed by atoms with Gasteiger partial charge in [0.05, 0.1) is 5.92 Å². The van der Waals surface area contributed by atoms with Gasteiger partial charge in [-0.2, -0.15) is 13.2 Å². The molecule has 4 nitrogen and oxygen atoms in total. The Morgan fingerprint density at radius 1 is 1.24 bits per heavy atom. The van der Waals surface area contributed by atoms with E-state index in [1.165, 1.54) is 0 Å². The maximum Gasteiger partial charge on any atom is 0.491 e. The minimum absolute atomic E-state index is 0.0253. The molecule has 2 fully saturated rings. The molecule has 96 valence electrons. The molecule has 3 atom stereocenters. The average molecular weight is 251 g/mol. The molecule has 0 aromatic rings. The monoisotopic (exact) mass is 251 g/mol. The molecule has 0 saturated carbocycles. The van der Waals surface area contributed by atoms with Crippen LogP contribution in [0.2, 0.25) is 0 Å². The van der Waals surface area contributed by atoms with Gasteiger partial charge in [-0.1, -0.05) is 0 Å². The number of esters is 2. The Hall–Kier alpha value is -1.11. The Morgan fingerprint density at radius 2 is 1.94 bits per heavy atom. The third kappa shape index (κ3) is 2.59. The standard InChI is InChI=1S/C10H12F3NO3/c11-10(12,13)9(16)17-8(15)7-5-14-3-1-2-6(7)4-14/h6-7H,1-5H2. The van der Waals surface area contributed by atoms with E-state index in [1.54, 1.807) is 0 Å². The second kappa shape index (κ2) is 4.29. The summed E-state index contributed by atoms with van der Waals surface area (Å²) in [5, 5.41) is 0. The summed E-state index contributed by atoms with van der Waals surface area (Å²) in [5.41, 5.74) is 0. The molecule has 7 heteroatoms. The topological polar surface area (TPSA) is 46.6 Å². The van der Waals surface area contributed by atoms with Gasteiger partial charge in [0.25, 0.3) is 0 Å². The van der Waals surface area contributed by atoms with Gasteiger partial charge in [-0.15, -0.1) is 0 Å². The molecule has 0 aromatic carbocycles.